The van der Waals surface area contributed by atoms with Gasteiger partial charge in [0.1, 0.15) is 11.6 Å². The first-order valence-corrected chi connectivity index (χ1v) is 9.57. The summed E-state index contributed by atoms with van der Waals surface area (Å²) in [6.45, 7) is 2.93. The minimum Gasteiger partial charge on any atom is -0.497 e. The van der Waals surface area contributed by atoms with Crippen molar-refractivity contribution in [2.75, 3.05) is 33.4 Å². The predicted molar refractivity (Wildman–Crippen MR) is 104 cm³/mol. The SMILES string of the molecule is COc1cccc(CN2C[C@@H](c3cccc(F)c3)[C@@]3(COCCC(=O)N3)C2)c1. The lowest BCUT2D eigenvalue weighted by Crippen LogP contribution is -2.55. The zero-order chi connectivity index (χ0) is 19.6. The second kappa shape index (κ2) is 7.89. The van der Waals surface area contributed by atoms with Crippen molar-refractivity contribution in [3.05, 3.63) is 65.5 Å². The normalized spacial score (nSPS) is 25.5. The highest BCUT2D eigenvalue weighted by atomic mass is 19.1. The fourth-order valence-electron chi connectivity index (χ4n) is 4.37. The van der Waals surface area contributed by atoms with Crippen molar-refractivity contribution in [1.29, 1.82) is 0 Å². The van der Waals surface area contributed by atoms with Gasteiger partial charge in [-0.05, 0) is 35.4 Å². The fourth-order valence-corrected chi connectivity index (χ4v) is 4.37. The van der Waals surface area contributed by atoms with Gasteiger partial charge in [-0.3, -0.25) is 9.69 Å². The molecule has 1 amide bonds. The Morgan fingerprint density at radius 3 is 2.96 bits per heavy atom. The average molecular weight is 384 g/mol. The summed E-state index contributed by atoms with van der Waals surface area (Å²) >= 11 is 0. The number of hydrogen-bond acceptors (Lipinski definition) is 4. The van der Waals surface area contributed by atoms with E-state index < -0.39 is 5.54 Å². The molecule has 2 aromatic carbocycles. The van der Waals surface area contributed by atoms with Crippen LogP contribution in [0.15, 0.2) is 48.5 Å². The predicted octanol–water partition coefficient (Wildman–Crippen LogP) is 2.71. The van der Waals surface area contributed by atoms with Crippen molar-refractivity contribution < 1.29 is 18.7 Å². The Morgan fingerprint density at radius 1 is 1.29 bits per heavy atom. The highest BCUT2D eigenvalue weighted by molar-refractivity contribution is 5.77. The number of rotatable bonds is 4. The fraction of sp³-hybridized carbons (Fsp3) is 0.409. The molecule has 4 rings (SSSR count). The maximum absolute atomic E-state index is 13.9. The summed E-state index contributed by atoms with van der Waals surface area (Å²) in [7, 11) is 1.66. The number of amides is 1. The van der Waals surface area contributed by atoms with Gasteiger partial charge in [0.25, 0.3) is 0 Å². The van der Waals surface area contributed by atoms with Crippen molar-refractivity contribution in [2.24, 2.45) is 0 Å². The van der Waals surface area contributed by atoms with Gasteiger partial charge in [0.05, 0.1) is 25.9 Å². The quantitative estimate of drug-likeness (QED) is 0.881. The summed E-state index contributed by atoms with van der Waals surface area (Å²) in [5.74, 6) is 0.497. The van der Waals surface area contributed by atoms with Crippen LogP contribution in [0.3, 0.4) is 0 Å². The van der Waals surface area contributed by atoms with E-state index in [-0.39, 0.29) is 17.6 Å². The molecule has 28 heavy (non-hydrogen) atoms. The van der Waals surface area contributed by atoms with Gasteiger partial charge in [-0.2, -0.15) is 0 Å². The van der Waals surface area contributed by atoms with Crippen molar-refractivity contribution in [3.8, 4) is 5.75 Å². The maximum Gasteiger partial charge on any atom is 0.222 e. The molecule has 0 saturated carbocycles. The standard InChI is InChI=1S/C22H25FN2O3/c1-27-19-7-2-4-16(10-19)12-25-13-20(17-5-3-6-18(23)11-17)22(14-25)15-28-9-8-21(26)24-22/h2-7,10-11,20H,8-9,12-15H2,1H3,(H,24,26)/t20-,22-/m0/s1. The number of nitrogens with zero attached hydrogens (tertiary/aromatic N) is 1. The number of halogens is 1. The third kappa shape index (κ3) is 3.88. The van der Waals surface area contributed by atoms with Gasteiger partial charge in [0.2, 0.25) is 5.91 Å². The molecule has 1 N–H and O–H groups in total. The smallest absolute Gasteiger partial charge is 0.222 e. The molecule has 5 nitrogen and oxygen atoms in total. The van der Waals surface area contributed by atoms with Gasteiger partial charge in [-0.15, -0.1) is 0 Å². The molecule has 148 valence electrons. The molecule has 6 heteroatoms. The number of hydrogen-bond donors (Lipinski definition) is 1. The van der Waals surface area contributed by atoms with Gasteiger partial charge in [0, 0.05) is 32.0 Å². The number of carbonyl (C=O) groups excluding carboxylic acids is 1. The van der Waals surface area contributed by atoms with Crippen molar-refractivity contribution in [2.45, 2.75) is 24.4 Å². The van der Waals surface area contributed by atoms with E-state index in [1.807, 2.05) is 24.3 Å². The summed E-state index contributed by atoms with van der Waals surface area (Å²) in [5, 5.41) is 3.21. The van der Waals surface area contributed by atoms with Crippen LogP contribution in [0.1, 0.15) is 23.5 Å². The molecule has 0 unspecified atom stereocenters. The minimum atomic E-state index is -0.555. The summed E-state index contributed by atoms with van der Waals surface area (Å²) in [5.41, 5.74) is 1.47. The van der Waals surface area contributed by atoms with Crippen LogP contribution in [-0.4, -0.2) is 49.8 Å². The van der Waals surface area contributed by atoms with Crippen LogP contribution in [0.2, 0.25) is 0 Å². The van der Waals surface area contributed by atoms with Crippen LogP contribution < -0.4 is 10.1 Å². The lowest BCUT2D eigenvalue weighted by Gasteiger charge is -2.34. The van der Waals surface area contributed by atoms with Crippen molar-refractivity contribution in [1.82, 2.24) is 10.2 Å². The first-order valence-electron chi connectivity index (χ1n) is 9.57. The van der Waals surface area contributed by atoms with Gasteiger partial charge in [0.15, 0.2) is 0 Å². The number of benzene rings is 2. The molecule has 2 atom stereocenters. The molecule has 2 aliphatic rings. The van der Waals surface area contributed by atoms with Crippen LogP contribution >= 0.6 is 0 Å². The Bertz CT molecular complexity index is 859. The Morgan fingerprint density at radius 2 is 2.14 bits per heavy atom. The maximum atomic E-state index is 13.9. The molecular weight excluding hydrogens is 359 g/mol. The van der Waals surface area contributed by atoms with Gasteiger partial charge in [-0.1, -0.05) is 24.3 Å². The zero-order valence-corrected chi connectivity index (χ0v) is 16.0. The highest BCUT2D eigenvalue weighted by Gasteiger charge is 2.49. The largest absolute Gasteiger partial charge is 0.497 e. The Hall–Kier alpha value is -2.44. The van der Waals surface area contributed by atoms with E-state index in [0.29, 0.717) is 32.7 Å². The van der Waals surface area contributed by atoms with E-state index in [9.17, 15) is 9.18 Å². The molecule has 0 aromatic heterocycles. The summed E-state index contributed by atoms with van der Waals surface area (Å²) in [4.78, 5) is 14.6. The van der Waals surface area contributed by atoms with Gasteiger partial charge < -0.3 is 14.8 Å². The van der Waals surface area contributed by atoms with E-state index >= 15 is 0 Å². The van der Waals surface area contributed by atoms with Crippen LogP contribution in [-0.2, 0) is 16.1 Å². The third-order valence-corrected chi connectivity index (χ3v) is 5.63. The van der Waals surface area contributed by atoms with E-state index in [1.165, 1.54) is 6.07 Å². The first-order chi connectivity index (χ1) is 13.6. The molecule has 0 aliphatic carbocycles. The van der Waals surface area contributed by atoms with E-state index in [2.05, 4.69) is 16.3 Å². The molecule has 2 heterocycles. The van der Waals surface area contributed by atoms with E-state index in [0.717, 1.165) is 23.4 Å². The molecule has 2 aromatic rings. The van der Waals surface area contributed by atoms with Crippen LogP contribution in [0.5, 0.6) is 5.75 Å². The Labute approximate surface area is 164 Å². The highest BCUT2D eigenvalue weighted by Crippen LogP contribution is 2.38. The first kappa shape index (κ1) is 18.9. The third-order valence-electron chi connectivity index (χ3n) is 5.63. The van der Waals surface area contributed by atoms with E-state index in [4.69, 9.17) is 9.47 Å². The Balaban J connectivity index is 1.63. The van der Waals surface area contributed by atoms with E-state index in [1.54, 1.807) is 19.2 Å². The zero-order valence-electron chi connectivity index (χ0n) is 16.0. The van der Waals surface area contributed by atoms with Gasteiger partial charge in [-0.25, -0.2) is 4.39 Å². The van der Waals surface area contributed by atoms with Crippen LogP contribution in [0, 0.1) is 5.82 Å². The molecule has 0 radical (unpaired) electrons. The van der Waals surface area contributed by atoms with Crippen LogP contribution in [0.4, 0.5) is 4.39 Å². The molecule has 1 spiro atoms. The second-order valence-corrected chi connectivity index (χ2v) is 7.64. The number of carbonyl (C=O) groups is 1. The summed E-state index contributed by atoms with van der Waals surface area (Å²) in [6.07, 6.45) is 0.355. The van der Waals surface area contributed by atoms with Gasteiger partial charge >= 0.3 is 0 Å². The lowest BCUT2D eigenvalue weighted by molar-refractivity contribution is -0.122. The second-order valence-electron chi connectivity index (χ2n) is 7.64. The Kier molecular flexibility index (Phi) is 5.33. The molecule has 2 saturated heterocycles. The molecular formula is C22H25FN2O3. The van der Waals surface area contributed by atoms with Crippen molar-refractivity contribution in [3.63, 3.8) is 0 Å². The number of methoxy groups -OCH3 is 1. The summed E-state index contributed by atoms with van der Waals surface area (Å²) < 4.78 is 25.0. The minimum absolute atomic E-state index is 0.0119. The van der Waals surface area contributed by atoms with Crippen molar-refractivity contribution >= 4 is 5.91 Å². The molecule has 0 bridgehead atoms. The number of likely N-dealkylation sites (tertiary alicyclic amines) is 1. The van der Waals surface area contributed by atoms with Crippen LogP contribution in [0.25, 0.3) is 0 Å². The topological polar surface area (TPSA) is 50.8 Å². The molecule has 2 aliphatic heterocycles. The average Bonchev–Trinajstić information content (AvgIpc) is 2.91. The number of ether oxygens (including phenoxy) is 2. The number of nitrogens with one attached hydrogen (secondary N) is 1. The molecule has 2 fully saturated rings. The monoisotopic (exact) mass is 384 g/mol. The summed E-state index contributed by atoms with van der Waals surface area (Å²) in [6, 6.07) is 14.6. The lowest BCUT2D eigenvalue weighted by atomic mass is 9.82.